The van der Waals surface area contributed by atoms with Crippen molar-refractivity contribution in [2.75, 3.05) is 0 Å². The molecule has 1 aromatic carbocycles. The number of aryl methyl sites for hydroxylation is 1. The van der Waals surface area contributed by atoms with Crippen molar-refractivity contribution in [3.05, 3.63) is 53.8 Å². The van der Waals surface area contributed by atoms with Gasteiger partial charge in [-0.2, -0.15) is 0 Å². The van der Waals surface area contributed by atoms with Gasteiger partial charge in [0.25, 0.3) is 0 Å². The first-order valence-corrected chi connectivity index (χ1v) is 8.72. The number of benzene rings is 1. The van der Waals surface area contributed by atoms with Crippen molar-refractivity contribution in [1.82, 2.24) is 5.48 Å². The van der Waals surface area contributed by atoms with E-state index in [1.165, 1.54) is 11.1 Å². The van der Waals surface area contributed by atoms with E-state index in [0.29, 0.717) is 6.42 Å². The largest absolute Gasteiger partial charge is 0.461 e. The third kappa shape index (κ3) is 6.62. The summed E-state index contributed by atoms with van der Waals surface area (Å²) >= 11 is 0. The summed E-state index contributed by atoms with van der Waals surface area (Å²) in [7, 11) is 0. The average molecular weight is 353 g/mol. The summed E-state index contributed by atoms with van der Waals surface area (Å²) in [5.74, 6) is 0.649. The van der Waals surface area contributed by atoms with E-state index in [1.807, 2.05) is 25.1 Å². The maximum absolute atomic E-state index is 10.9. The molecule has 2 N–H and O–H groups in total. The molecule has 0 radical (unpaired) electrons. The smallest absolute Gasteiger partial charge is 0.243 e. The van der Waals surface area contributed by atoms with Crippen molar-refractivity contribution in [3.8, 4) is 12.8 Å². The van der Waals surface area contributed by atoms with E-state index >= 15 is 0 Å². The van der Waals surface area contributed by atoms with Crippen molar-refractivity contribution in [3.63, 3.8) is 0 Å². The van der Waals surface area contributed by atoms with Gasteiger partial charge in [-0.1, -0.05) is 30.7 Å². The summed E-state index contributed by atoms with van der Waals surface area (Å²) in [5, 5.41) is 9.56. The summed E-state index contributed by atoms with van der Waals surface area (Å²) in [6.45, 7) is 4.11. The van der Waals surface area contributed by atoms with Crippen LogP contribution in [0, 0.1) is 12.8 Å². The van der Waals surface area contributed by atoms with E-state index in [9.17, 15) is 4.79 Å². The third-order valence-electron chi connectivity index (χ3n) is 4.01. The van der Waals surface area contributed by atoms with Crippen LogP contribution in [-0.2, 0) is 11.2 Å². The molecule has 2 aromatic rings. The monoisotopic (exact) mass is 353 g/mol. The highest BCUT2D eigenvalue weighted by Gasteiger charge is 2.06. The van der Waals surface area contributed by atoms with E-state index in [2.05, 4.69) is 44.0 Å². The fraction of sp³-hybridized carbons (Fsp3) is 0.318. The number of fused-ring (bicyclic) bond motifs is 1. The van der Waals surface area contributed by atoms with E-state index in [1.54, 1.807) is 5.48 Å². The van der Waals surface area contributed by atoms with Gasteiger partial charge in [0.2, 0.25) is 5.91 Å². The standard InChI is InChI=1S/C20H25NO3.C2H2/c1-3-4-8-15(2)16-11-12-19-17(13-16)14-18(24-19)9-6-5-7-10-20(22)21-23;1-2/h3-4,8,11-14,23H,5-7,9-10H2,1-2H3,(H,21,22);1-2H/b4-3-,15-8+;. The quantitative estimate of drug-likeness (QED) is 0.223. The summed E-state index contributed by atoms with van der Waals surface area (Å²) in [5.41, 5.74) is 4.98. The molecule has 0 aliphatic rings. The molecular formula is C22H27NO3. The zero-order valence-corrected chi connectivity index (χ0v) is 15.5. The highest BCUT2D eigenvalue weighted by Crippen LogP contribution is 2.25. The fourth-order valence-corrected chi connectivity index (χ4v) is 2.62. The second kappa shape index (κ2) is 11.7. The predicted octanol–water partition coefficient (Wildman–Crippen LogP) is 5.27. The number of unbranched alkanes of at least 4 members (excludes halogenated alkanes) is 2. The number of furan rings is 1. The number of allylic oxidation sites excluding steroid dienone is 4. The van der Waals surface area contributed by atoms with Crippen molar-refractivity contribution in [1.29, 1.82) is 0 Å². The van der Waals surface area contributed by atoms with Crippen LogP contribution in [0.15, 0.2) is 46.9 Å². The van der Waals surface area contributed by atoms with Crippen LogP contribution in [-0.4, -0.2) is 11.1 Å². The maximum Gasteiger partial charge on any atom is 0.243 e. The Labute approximate surface area is 155 Å². The van der Waals surface area contributed by atoms with Crippen LogP contribution < -0.4 is 5.48 Å². The Bertz CT molecular complexity index is 781. The van der Waals surface area contributed by atoms with Gasteiger partial charge < -0.3 is 4.42 Å². The van der Waals surface area contributed by atoms with E-state index in [4.69, 9.17) is 9.62 Å². The first-order chi connectivity index (χ1) is 12.6. The van der Waals surface area contributed by atoms with Crippen LogP contribution in [0.2, 0.25) is 0 Å². The van der Waals surface area contributed by atoms with Crippen LogP contribution in [0.5, 0.6) is 0 Å². The van der Waals surface area contributed by atoms with Gasteiger partial charge in [0.05, 0.1) is 0 Å². The van der Waals surface area contributed by atoms with Crippen molar-refractivity contribution in [2.24, 2.45) is 0 Å². The third-order valence-corrected chi connectivity index (χ3v) is 4.01. The van der Waals surface area contributed by atoms with Crippen LogP contribution in [0.3, 0.4) is 0 Å². The van der Waals surface area contributed by atoms with Crippen LogP contribution in [0.25, 0.3) is 16.5 Å². The molecule has 0 saturated carbocycles. The Morgan fingerprint density at radius 2 is 2.00 bits per heavy atom. The SMILES string of the molecule is C#C.C/C=C\C=C(/C)c1ccc2oc(CCCCCC(=O)NO)cc2c1. The molecule has 1 heterocycles. The highest BCUT2D eigenvalue weighted by molar-refractivity contribution is 5.83. The highest BCUT2D eigenvalue weighted by atomic mass is 16.5. The molecule has 0 unspecified atom stereocenters. The Morgan fingerprint density at radius 1 is 1.23 bits per heavy atom. The van der Waals surface area contributed by atoms with Gasteiger partial charge in [-0.05, 0) is 56.0 Å². The number of hydrogen-bond donors (Lipinski definition) is 2. The van der Waals surface area contributed by atoms with Crippen LogP contribution in [0.4, 0.5) is 0 Å². The average Bonchev–Trinajstić information content (AvgIpc) is 3.09. The zero-order valence-electron chi connectivity index (χ0n) is 15.5. The van der Waals surface area contributed by atoms with Crippen LogP contribution in [0.1, 0.15) is 50.9 Å². The minimum absolute atomic E-state index is 0.326. The van der Waals surface area contributed by atoms with Gasteiger partial charge in [0, 0.05) is 18.2 Å². The maximum atomic E-state index is 10.9. The fourth-order valence-electron chi connectivity index (χ4n) is 2.62. The molecule has 1 amide bonds. The lowest BCUT2D eigenvalue weighted by molar-refractivity contribution is -0.129. The Hall–Kier alpha value is -2.77. The minimum atomic E-state index is -0.326. The molecule has 4 nitrogen and oxygen atoms in total. The van der Waals surface area contributed by atoms with E-state index < -0.39 is 0 Å². The topological polar surface area (TPSA) is 62.5 Å². The molecule has 0 aliphatic carbocycles. The molecule has 0 bridgehead atoms. The zero-order chi connectivity index (χ0) is 19.4. The second-order valence-corrected chi connectivity index (χ2v) is 5.94. The van der Waals surface area contributed by atoms with E-state index in [-0.39, 0.29) is 5.91 Å². The molecule has 2 rings (SSSR count). The number of carbonyl (C=O) groups excluding carboxylic acids is 1. The molecule has 138 valence electrons. The second-order valence-electron chi connectivity index (χ2n) is 5.94. The van der Waals surface area contributed by atoms with Gasteiger partial charge in [0.1, 0.15) is 11.3 Å². The number of hydroxylamine groups is 1. The summed E-state index contributed by atoms with van der Waals surface area (Å²) < 4.78 is 5.88. The van der Waals surface area contributed by atoms with E-state index in [0.717, 1.165) is 42.4 Å². The Kier molecular flexibility index (Phi) is 9.59. The van der Waals surface area contributed by atoms with Crippen molar-refractivity contribution >= 4 is 22.4 Å². The normalized spacial score (nSPS) is 11.3. The first kappa shape index (κ1) is 21.3. The lowest BCUT2D eigenvalue weighted by Crippen LogP contribution is -2.17. The number of hydrogen-bond acceptors (Lipinski definition) is 3. The number of terminal acetylenes is 1. The van der Waals surface area contributed by atoms with Crippen molar-refractivity contribution in [2.45, 2.75) is 46.0 Å². The number of amides is 1. The molecule has 26 heavy (non-hydrogen) atoms. The summed E-state index contributed by atoms with van der Waals surface area (Å²) in [4.78, 5) is 10.9. The molecule has 0 saturated heterocycles. The molecular weight excluding hydrogens is 326 g/mol. The molecule has 1 aromatic heterocycles. The van der Waals surface area contributed by atoms with Crippen LogP contribution >= 0.6 is 0 Å². The number of carbonyl (C=O) groups is 1. The molecule has 0 fully saturated rings. The summed E-state index contributed by atoms with van der Waals surface area (Å²) in [6, 6.07) is 8.36. The number of nitrogens with one attached hydrogen (secondary N) is 1. The molecule has 0 spiro atoms. The lowest BCUT2D eigenvalue weighted by atomic mass is 10.0. The number of rotatable bonds is 8. The van der Waals surface area contributed by atoms with Gasteiger partial charge in [-0.15, -0.1) is 12.8 Å². The Morgan fingerprint density at radius 3 is 2.69 bits per heavy atom. The lowest BCUT2D eigenvalue weighted by Gasteiger charge is -2.00. The van der Waals surface area contributed by atoms with Gasteiger partial charge in [0.15, 0.2) is 0 Å². The van der Waals surface area contributed by atoms with Crippen molar-refractivity contribution < 1.29 is 14.4 Å². The Balaban J connectivity index is 0.00000163. The molecule has 0 aliphatic heterocycles. The molecule has 0 atom stereocenters. The van der Waals surface area contributed by atoms with Gasteiger partial charge in [-0.3, -0.25) is 10.0 Å². The summed E-state index contributed by atoms with van der Waals surface area (Å²) in [6.07, 6.45) is 18.0. The minimum Gasteiger partial charge on any atom is -0.461 e. The predicted molar refractivity (Wildman–Crippen MR) is 107 cm³/mol. The molecule has 4 heteroatoms. The van der Waals surface area contributed by atoms with Gasteiger partial charge in [-0.25, -0.2) is 5.48 Å². The first-order valence-electron chi connectivity index (χ1n) is 8.72. The van der Waals surface area contributed by atoms with Gasteiger partial charge >= 0.3 is 0 Å².